The first-order valence-corrected chi connectivity index (χ1v) is 11.1. The Hall–Kier alpha value is -2.38. The lowest BCUT2D eigenvalue weighted by Crippen LogP contribution is -2.48. The standard InChI is InChI=1S/C21H24N2O4S/c1-2-3-15-27-16-9-11-17(12-10-16)28(25,26)23-14-6-13-22-20(23)18-7-4-5-8-19(18)21(22)24/h4-5,7-12,20H,2-3,6,13-15H2,1H3. The number of ether oxygens (including phenoxy) is 1. The number of carbonyl (C=O) groups excluding carboxylic acids is 1. The molecule has 1 atom stereocenters. The minimum Gasteiger partial charge on any atom is -0.494 e. The Labute approximate surface area is 165 Å². The zero-order valence-corrected chi connectivity index (χ0v) is 16.7. The number of benzene rings is 2. The van der Waals surface area contributed by atoms with Crippen LogP contribution >= 0.6 is 0 Å². The summed E-state index contributed by atoms with van der Waals surface area (Å²) in [6, 6.07) is 13.8. The topological polar surface area (TPSA) is 66.9 Å². The maximum Gasteiger partial charge on any atom is 0.255 e. The molecule has 0 aliphatic carbocycles. The minimum absolute atomic E-state index is 0.0971. The number of hydrogen-bond acceptors (Lipinski definition) is 4. The molecule has 4 rings (SSSR count). The summed E-state index contributed by atoms with van der Waals surface area (Å²) in [4.78, 5) is 14.6. The average Bonchev–Trinajstić information content (AvgIpc) is 3.01. The first kappa shape index (κ1) is 19.0. The van der Waals surface area contributed by atoms with Gasteiger partial charge in [-0.3, -0.25) is 4.79 Å². The van der Waals surface area contributed by atoms with E-state index in [2.05, 4.69) is 6.92 Å². The van der Waals surface area contributed by atoms with Gasteiger partial charge in [0, 0.05) is 24.2 Å². The van der Waals surface area contributed by atoms with Crippen LogP contribution in [0.3, 0.4) is 0 Å². The highest BCUT2D eigenvalue weighted by Crippen LogP contribution is 2.41. The van der Waals surface area contributed by atoms with Gasteiger partial charge in [0.15, 0.2) is 0 Å². The third-order valence-electron chi connectivity index (χ3n) is 5.27. The number of nitrogens with zero attached hydrogens (tertiary/aromatic N) is 2. The van der Waals surface area contributed by atoms with Gasteiger partial charge in [-0.1, -0.05) is 31.5 Å². The van der Waals surface area contributed by atoms with Crippen LogP contribution in [0.1, 0.15) is 48.3 Å². The molecule has 2 aliphatic rings. The quantitative estimate of drug-likeness (QED) is 0.697. The van der Waals surface area contributed by atoms with Crippen molar-refractivity contribution in [2.24, 2.45) is 0 Å². The number of fused-ring (bicyclic) bond motifs is 3. The minimum atomic E-state index is -3.74. The van der Waals surface area contributed by atoms with Crippen molar-refractivity contribution in [1.82, 2.24) is 9.21 Å². The van der Waals surface area contributed by atoms with Gasteiger partial charge in [0.2, 0.25) is 10.0 Å². The van der Waals surface area contributed by atoms with Gasteiger partial charge < -0.3 is 9.64 Å². The molecule has 1 fully saturated rings. The second kappa shape index (κ2) is 7.56. The number of hydrogen-bond donors (Lipinski definition) is 0. The van der Waals surface area contributed by atoms with Crippen LogP contribution in [0.15, 0.2) is 53.4 Å². The van der Waals surface area contributed by atoms with Crippen molar-refractivity contribution in [3.05, 3.63) is 59.7 Å². The molecule has 0 spiro atoms. The Kier molecular flexibility index (Phi) is 5.12. The smallest absolute Gasteiger partial charge is 0.255 e. The van der Waals surface area contributed by atoms with E-state index in [1.807, 2.05) is 18.2 Å². The van der Waals surface area contributed by atoms with Gasteiger partial charge in [-0.2, -0.15) is 4.31 Å². The summed E-state index contributed by atoms with van der Waals surface area (Å²) in [5.41, 5.74) is 1.35. The summed E-state index contributed by atoms with van der Waals surface area (Å²) in [6.07, 6.45) is 2.05. The molecule has 6 nitrogen and oxygen atoms in total. The molecule has 0 aromatic heterocycles. The zero-order valence-electron chi connectivity index (χ0n) is 15.9. The van der Waals surface area contributed by atoms with E-state index in [9.17, 15) is 13.2 Å². The van der Waals surface area contributed by atoms with Crippen molar-refractivity contribution in [3.8, 4) is 5.75 Å². The van der Waals surface area contributed by atoms with Gasteiger partial charge >= 0.3 is 0 Å². The van der Waals surface area contributed by atoms with Crippen LogP contribution in [0.2, 0.25) is 0 Å². The second-order valence-electron chi connectivity index (χ2n) is 7.10. The van der Waals surface area contributed by atoms with E-state index in [4.69, 9.17) is 4.74 Å². The fourth-order valence-electron chi connectivity index (χ4n) is 3.83. The maximum absolute atomic E-state index is 13.4. The Morgan fingerprint density at radius 2 is 1.82 bits per heavy atom. The number of rotatable bonds is 6. The molecule has 148 valence electrons. The molecule has 0 bridgehead atoms. The van der Waals surface area contributed by atoms with Gasteiger partial charge in [-0.05, 0) is 43.2 Å². The summed E-state index contributed by atoms with van der Waals surface area (Å²) in [7, 11) is -3.74. The van der Waals surface area contributed by atoms with Crippen molar-refractivity contribution in [1.29, 1.82) is 0 Å². The highest BCUT2D eigenvalue weighted by Gasteiger charge is 2.46. The molecule has 28 heavy (non-hydrogen) atoms. The molecule has 7 heteroatoms. The Balaban J connectivity index is 1.63. The maximum atomic E-state index is 13.4. The fraction of sp³-hybridized carbons (Fsp3) is 0.381. The Morgan fingerprint density at radius 3 is 2.57 bits per heavy atom. The SMILES string of the molecule is CCCCOc1ccc(S(=O)(=O)N2CCCN3C(=O)c4ccccc4C32)cc1. The lowest BCUT2D eigenvalue weighted by molar-refractivity contribution is 0.0470. The van der Waals surface area contributed by atoms with Gasteiger partial charge in [0.05, 0.1) is 11.5 Å². The summed E-state index contributed by atoms with van der Waals surface area (Å²) in [5.74, 6) is 0.564. The van der Waals surface area contributed by atoms with E-state index >= 15 is 0 Å². The monoisotopic (exact) mass is 400 g/mol. The molecule has 1 amide bonds. The molecule has 2 aromatic carbocycles. The van der Waals surface area contributed by atoms with Crippen molar-refractivity contribution >= 4 is 15.9 Å². The second-order valence-corrected chi connectivity index (χ2v) is 8.99. The van der Waals surface area contributed by atoms with Crippen molar-refractivity contribution in [3.63, 3.8) is 0 Å². The van der Waals surface area contributed by atoms with E-state index in [0.717, 1.165) is 18.4 Å². The highest BCUT2D eigenvalue weighted by molar-refractivity contribution is 7.89. The van der Waals surface area contributed by atoms with Crippen LogP contribution in [0, 0.1) is 0 Å². The van der Waals surface area contributed by atoms with Crippen molar-refractivity contribution in [2.45, 2.75) is 37.2 Å². The predicted molar refractivity (Wildman–Crippen MR) is 106 cm³/mol. The van der Waals surface area contributed by atoms with Crippen LogP contribution in [-0.4, -0.2) is 43.2 Å². The molecule has 0 radical (unpaired) electrons. The van der Waals surface area contributed by atoms with Crippen molar-refractivity contribution < 1.29 is 17.9 Å². The molecule has 2 heterocycles. The van der Waals surface area contributed by atoms with E-state index in [0.29, 0.717) is 37.4 Å². The summed E-state index contributed by atoms with van der Waals surface area (Å²) in [5, 5.41) is 0. The van der Waals surface area contributed by atoms with E-state index < -0.39 is 16.2 Å². The van der Waals surface area contributed by atoms with Crippen LogP contribution in [0.5, 0.6) is 5.75 Å². The third-order valence-corrected chi connectivity index (χ3v) is 7.14. The molecule has 0 saturated carbocycles. The molecular weight excluding hydrogens is 376 g/mol. The van der Waals surface area contributed by atoms with Crippen LogP contribution in [-0.2, 0) is 10.0 Å². The largest absolute Gasteiger partial charge is 0.494 e. The lowest BCUT2D eigenvalue weighted by Gasteiger charge is -2.39. The third kappa shape index (κ3) is 3.18. The number of amides is 1. The molecule has 2 aliphatic heterocycles. The number of carbonyl (C=O) groups is 1. The fourth-order valence-corrected chi connectivity index (χ4v) is 5.44. The van der Waals surface area contributed by atoms with Crippen LogP contribution < -0.4 is 4.74 Å². The summed E-state index contributed by atoms with van der Waals surface area (Å²) >= 11 is 0. The van der Waals surface area contributed by atoms with E-state index in [-0.39, 0.29) is 10.8 Å². The Bertz CT molecular complexity index is 972. The van der Waals surface area contributed by atoms with E-state index in [1.165, 1.54) is 4.31 Å². The average molecular weight is 401 g/mol. The van der Waals surface area contributed by atoms with Gasteiger partial charge in [-0.25, -0.2) is 8.42 Å². The summed E-state index contributed by atoms with van der Waals surface area (Å²) in [6.45, 7) is 3.66. The molecule has 1 unspecified atom stereocenters. The Morgan fingerprint density at radius 1 is 1.07 bits per heavy atom. The molecular formula is C21H24N2O4S. The van der Waals surface area contributed by atoms with Gasteiger partial charge in [0.1, 0.15) is 11.9 Å². The first-order chi connectivity index (χ1) is 13.5. The highest BCUT2D eigenvalue weighted by atomic mass is 32.2. The van der Waals surface area contributed by atoms with Crippen molar-refractivity contribution in [2.75, 3.05) is 19.7 Å². The zero-order chi connectivity index (χ0) is 19.7. The van der Waals surface area contributed by atoms with Gasteiger partial charge in [-0.15, -0.1) is 0 Å². The number of sulfonamides is 1. The van der Waals surface area contributed by atoms with Crippen LogP contribution in [0.25, 0.3) is 0 Å². The molecule has 0 N–H and O–H groups in total. The van der Waals surface area contributed by atoms with Gasteiger partial charge in [0.25, 0.3) is 5.91 Å². The summed E-state index contributed by atoms with van der Waals surface area (Å²) < 4.78 is 33.8. The molecule has 1 saturated heterocycles. The first-order valence-electron chi connectivity index (χ1n) is 9.68. The molecule has 2 aromatic rings. The van der Waals surface area contributed by atoms with E-state index in [1.54, 1.807) is 35.2 Å². The number of unbranched alkanes of at least 4 members (excludes halogenated alkanes) is 1. The predicted octanol–water partition coefficient (Wildman–Crippen LogP) is 3.41. The van der Waals surface area contributed by atoms with Crippen LogP contribution in [0.4, 0.5) is 0 Å². The normalized spacial score (nSPS) is 19.4. The lowest BCUT2D eigenvalue weighted by atomic mass is 10.1.